The average Bonchev–Trinajstić information content (AvgIpc) is 2.13. The van der Waals surface area contributed by atoms with Gasteiger partial charge >= 0.3 is 0 Å². The van der Waals surface area contributed by atoms with E-state index in [2.05, 4.69) is 18.7 Å². The lowest BCUT2D eigenvalue weighted by atomic mass is 10.3. The molecule has 1 N–H and O–H groups in total. The molecule has 0 aromatic heterocycles. The van der Waals surface area contributed by atoms with Crippen LogP contribution in [-0.4, -0.2) is 28.4 Å². The largest absolute Gasteiger partial charge is 0.348 e. The van der Waals surface area contributed by atoms with Gasteiger partial charge in [0, 0.05) is 18.3 Å². The number of nitrogens with zero attached hydrogens (tertiary/aromatic N) is 1. The van der Waals surface area contributed by atoms with Crippen LogP contribution in [0, 0.1) is 5.41 Å². The van der Waals surface area contributed by atoms with E-state index in [1.165, 1.54) is 0 Å². The van der Waals surface area contributed by atoms with Crippen molar-refractivity contribution < 1.29 is 0 Å². The molecule has 0 bridgehead atoms. The molecule has 2 nitrogen and oxygen atoms in total. The second-order valence-electron chi connectivity index (χ2n) is 2.44. The van der Waals surface area contributed by atoms with Gasteiger partial charge in [-0.3, -0.25) is 5.41 Å². The summed E-state index contributed by atoms with van der Waals surface area (Å²) in [6.45, 7) is 5.31. The van der Waals surface area contributed by atoms with E-state index in [-0.39, 0.29) is 0 Å². The Labute approximate surface area is 60.1 Å². The lowest BCUT2D eigenvalue weighted by Crippen LogP contribution is -2.30. The fourth-order valence-electron chi connectivity index (χ4n) is 0.918. The minimum Gasteiger partial charge on any atom is -0.348 e. The van der Waals surface area contributed by atoms with Crippen molar-refractivity contribution in [3.63, 3.8) is 0 Å². The van der Waals surface area contributed by atoms with Gasteiger partial charge in [0.05, 0.1) is 0 Å². The molecule has 0 atom stereocenters. The van der Waals surface area contributed by atoms with E-state index in [4.69, 9.17) is 5.41 Å². The Kier molecular flexibility index (Phi) is 2.01. The Morgan fingerprint density at radius 1 is 1.67 bits per heavy atom. The molecular weight excluding hydrogens is 132 g/mol. The summed E-state index contributed by atoms with van der Waals surface area (Å²) in [7, 11) is 0. The van der Waals surface area contributed by atoms with Gasteiger partial charge in [0.1, 0.15) is 0 Å². The van der Waals surface area contributed by atoms with Crippen molar-refractivity contribution in [1.82, 2.24) is 4.90 Å². The quantitative estimate of drug-likeness (QED) is 0.602. The molecule has 52 valence electrons. The van der Waals surface area contributed by atoms with Crippen LogP contribution in [0.15, 0.2) is 0 Å². The summed E-state index contributed by atoms with van der Waals surface area (Å²) in [5.74, 6) is 1.09. The van der Waals surface area contributed by atoms with Crippen LogP contribution in [0.1, 0.15) is 13.8 Å². The van der Waals surface area contributed by atoms with Crippen molar-refractivity contribution >= 4 is 16.9 Å². The zero-order chi connectivity index (χ0) is 6.85. The molecule has 1 heterocycles. The van der Waals surface area contributed by atoms with Crippen LogP contribution in [0.4, 0.5) is 0 Å². The Balaban J connectivity index is 2.49. The summed E-state index contributed by atoms with van der Waals surface area (Å²) in [6.07, 6.45) is 0. The smallest absolute Gasteiger partial charge is 0.156 e. The minimum absolute atomic E-state index is 0.507. The molecule has 0 aromatic rings. The Hall–Kier alpha value is -0.180. The first-order chi connectivity index (χ1) is 4.22. The second kappa shape index (κ2) is 2.60. The number of amidine groups is 1. The highest BCUT2D eigenvalue weighted by molar-refractivity contribution is 8.14. The van der Waals surface area contributed by atoms with E-state index in [0.29, 0.717) is 6.04 Å². The molecule has 0 saturated carbocycles. The van der Waals surface area contributed by atoms with Crippen LogP contribution in [0.25, 0.3) is 0 Å². The highest BCUT2D eigenvalue weighted by Crippen LogP contribution is 2.17. The molecular formula is C6H12N2S. The molecule has 0 aromatic carbocycles. The normalized spacial score (nSPS) is 19.9. The van der Waals surface area contributed by atoms with Gasteiger partial charge in [-0.1, -0.05) is 11.8 Å². The second-order valence-corrected chi connectivity index (χ2v) is 3.52. The predicted molar refractivity (Wildman–Crippen MR) is 42.0 cm³/mol. The standard InChI is InChI=1S/C6H12N2S/c1-5(2)8-3-4-9-6(8)7/h5,7H,3-4H2,1-2H3. The molecule has 0 amide bonds. The molecule has 1 rings (SSSR count). The summed E-state index contributed by atoms with van der Waals surface area (Å²) in [6, 6.07) is 0.507. The Morgan fingerprint density at radius 3 is 2.56 bits per heavy atom. The third-order valence-corrected chi connectivity index (χ3v) is 2.35. The molecule has 1 saturated heterocycles. The summed E-state index contributed by atoms with van der Waals surface area (Å²) in [5.41, 5.74) is 0. The van der Waals surface area contributed by atoms with Crippen LogP contribution in [-0.2, 0) is 0 Å². The van der Waals surface area contributed by atoms with Crippen LogP contribution in [0.2, 0.25) is 0 Å². The third-order valence-electron chi connectivity index (χ3n) is 1.46. The average molecular weight is 144 g/mol. The van der Waals surface area contributed by atoms with Gasteiger partial charge in [0.15, 0.2) is 5.17 Å². The van der Waals surface area contributed by atoms with Gasteiger partial charge in [-0.2, -0.15) is 0 Å². The van der Waals surface area contributed by atoms with Gasteiger partial charge in [0.25, 0.3) is 0 Å². The molecule has 3 heteroatoms. The number of rotatable bonds is 1. The number of nitrogens with one attached hydrogen (secondary N) is 1. The Bertz CT molecular complexity index is 122. The first kappa shape index (κ1) is 6.93. The lowest BCUT2D eigenvalue weighted by molar-refractivity contribution is 0.382. The van der Waals surface area contributed by atoms with Crippen LogP contribution < -0.4 is 0 Å². The lowest BCUT2D eigenvalue weighted by Gasteiger charge is -2.20. The predicted octanol–water partition coefficient (Wildman–Crippen LogP) is 1.38. The summed E-state index contributed by atoms with van der Waals surface area (Å²) in [5, 5.41) is 8.17. The molecule has 9 heavy (non-hydrogen) atoms. The van der Waals surface area contributed by atoms with Crippen molar-refractivity contribution in [2.45, 2.75) is 19.9 Å². The number of hydrogen-bond donors (Lipinski definition) is 1. The minimum atomic E-state index is 0.507. The highest BCUT2D eigenvalue weighted by Gasteiger charge is 2.19. The zero-order valence-corrected chi connectivity index (χ0v) is 6.66. The van der Waals surface area contributed by atoms with Crippen molar-refractivity contribution in [3.8, 4) is 0 Å². The molecule has 0 aliphatic carbocycles. The van der Waals surface area contributed by atoms with Crippen molar-refractivity contribution in [2.24, 2.45) is 0 Å². The maximum absolute atomic E-state index is 7.43. The van der Waals surface area contributed by atoms with Crippen molar-refractivity contribution in [3.05, 3.63) is 0 Å². The van der Waals surface area contributed by atoms with E-state index in [1.54, 1.807) is 11.8 Å². The summed E-state index contributed by atoms with van der Waals surface area (Å²) >= 11 is 1.64. The van der Waals surface area contributed by atoms with Crippen LogP contribution in [0.3, 0.4) is 0 Å². The highest BCUT2D eigenvalue weighted by atomic mass is 32.2. The monoisotopic (exact) mass is 144 g/mol. The van der Waals surface area contributed by atoms with Gasteiger partial charge in [-0.05, 0) is 13.8 Å². The van der Waals surface area contributed by atoms with E-state index >= 15 is 0 Å². The summed E-state index contributed by atoms with van der Waals surface area (Å²) in [4.78, 5) is 2.12. The number of hydrogen-bond acceptors (Lipinski definition) is 2. The van der Waals surface area contributed by atoms with Crippen molar-refractivity contribution in [1.29, 1.82) is 5.41 Å². The summed E-state index contributed by atoms with van der Waals surface area (Å²) < 4.78 is 0. The molecule has 0 unspecified atom stereocenters. The molecule has 0 radical (unpaired) electrons. The molecule has 0 spiro atoms. The maximum Gasteiger partial charge on any atom is 0.156 e. The van der Waals surface area contributed by atoms with Gasteiger partial charge in [0.2, 0.25) is 0 Å². The van der Waals surface area contributed by atoms with Crippen LogP contribution in [0.5, 0.6) is 0 Å². The third kappa shape index (κ3) is 1.39. The van der Waals surface area contributed by atoms with Gasteiger partial charge in [-0.15, -0.1) is 0 Å². The first-order valence-corrected chi connectivity index (χ1v) is 4.18. The SMILES string of the molecule is CC(C)N1CCSC1=N. The first-order valence-electron chi connectivity index (χ1n) is 3.20. The fourth-order valence-corrected chi connectivity index (χ4v) is 1.87. The van der Waals surface area contributed by atoms with Crippen molar-refractivity contribution in [2.75, 3.05) is 12.3 Å². The molecule has 1 aliphatic heterocycles. The van der Waals surface area contributed by atoms with E-state index in [9.17, 15) is 0 Å². The fraction of sp³-hybridized carbons (Fsp3) is 0.833. The van der Waals surface area contributed by atoms with Gasteiger partial charge in [-0.25, -0.2) is 0 Å². The topological polar surface area (TPSA) is 27.1 Å². The Morgan fingerprint density at radius 2 is 2.33 bits per heavy atom. The molecule has 1 aliphatic rings. The molecule has 1 fully saturated rings. The van der Waals surface area contributed by atoms with E-state index in [1.807, 2.05) is 0 Å². The zero-order valence-electron chi connectivity index (χ0n) is 5.85. The maximum atomic E-state index is 7.43. The van der Waals surface area contributed by atoms with E-state index < -0.39 is 0 Å². The van der Waals surface area contributed by atoms with E-state index in [0.717, 1.165) is 17.5 Å². The van der Waals surface area contributed by atoms with Gasteiger partial charge < -0.3 is 4.90 Å². The number of thioether (sulfide) groups is 1. The van der Waals surface area contributed by atoms with Crippen LogP contribution >= 0.6 is 11.8 Å².